The van der Waals surface area contributed by atoms with Gasteiger partial charge in [0.1, 0.15) is 0 Å². The molecule has 5 heteroatoms. The van der Waals surface area contributed by atoms with E-state index in [2.05, 4.69) is 15.5 Å². The molecular weight excluding hydrogens is 326 g/mol. The van der Waals surface area contributed by atoms with Gasteiger partial charge in [0.2, 0.25) is 0 Å². The quantitative estimate of drug-likeness (QED) is 0.863. The largest absolute Gasteiger partial charge is 0.338 e. The second-order valence-corrected chi connectivity index (χ2v) is 6.44. The van der Waals surface area contributed by atoms with Gasteiger partial charge in [0, 0.05) is 18.1 Å². The van der Waals surface area contributed by atoms with E-state index in [1.54, 1.807) is 0 Å². The lowest BCUT2D eigenvalue weighted by Gasteiger charge is -2.18. The summed E-state index contributed by atoms with van der Waals surface area (Å²) in [5.41, 5.74) is 5.59. The third-order valence-electron chi connectivity index (χ3n) is 4.58. The number of nitrogens with one attached hydrogen (secondary N) is 1. The van der Waals surface area contributed by atoms with Crippen molar-refractivity contribution in [2.24, 2.45) is 10.2 Å². The third-order valence-corrected chi connectivity index (χ3v) is 4.58. The summed E-state index contributed by atoms with van der Waals surface area (Å²) in [6.07, 6.45) is 1.84. The SMILES string of the molecule is Cc1ccc(C2=C3NC(N=O)=CC(=O)C3N=C2Cc2ccccc2)cc1. The highest BCUT2D eigenvalue weighted by atomic mass is 16.3. The lowest BCUT2D eigenvalue weighted by atomic mass is 9.93. The number of carbonyl (C=O) groups excluding carboxylic acids is 1. The summed E-state index contributed by atoms with van der Waals surface area (Å²) in [6.45, 7) is 2.03. The predicted molar refractivity (Wildman–Crippen MR) is 101 cm³/mol. The van der Waals surface area contributed by atoms with Crippen LogP contribution in [-0.2, 0) is 11.2 Å². The van der Waals surface area contributed by atoms with E-state index >= 15 is 0 Å². The van der Waals surface area contributed by atoms with E-state index in [9.17, 15) is 9.70 Å². The molecule has 26 heavy (non-hydrogen) atoms. The zero-order chi connectivity index (χ0) is 18.1. The van der Waals surface area contributed by atoms with Gasteiger partial charge in [-0.1, -0.05) is 60.2 Å². The number of rotatable bonds is 4. The first-order chi connectivity index (χ1) is 12.7. The number of aliphatic imine (C=N–C) groups is 1. The Labute approximate surface area is 151 Å². The van der Waals surface area contributed by atoms with Crippen molar-refractivity contribution >= 4 is 17.1 Å². The highest BCUT2D eigenvalue weighted by Gasteiger charge is 2.36. The van der Waals surface area contributed by atoms with Crippen LogP contribution >= 0.6 is 0 Å². The Kier molecular flexibility index (Phi) is 4.05. The average Bonchev–Trinajstić information content (AvgIpc) is 3.01. The fourth-order valence-corrected chi connectivity index (χ4v) is 3.32. The second kappa shape index (κ2) is 6.52. The van der Waals surface area contributed by atoms with Crippen LogP contribution in [0.1, 0.15) is 16.7 Å². The summed E-state index contributed by atoms with van der Waals surface area (Å²) >= 11 is 0. The van der Waals surface area contributed by atoms with E-state index in [1.807, 2.05) is 61.5 Å². The first-order valence-corrected chi connectivity index (χ1v) is 8.44. The molecule has 2 heterocycles. The molecule has 0 saturated carbocycles. The Balaban J connectivity index is 1.82. The van der Waals surface area contributed by atoms with Crippen LogP contribution in [0.2, 0.25) is 0 Å². The lowest BCUT2D eigenvalue weighted by Crippen LogP contribution is -2.32. The van der Waals surface area contributed by atoms with Crippen molar-refractivity contribution in [2.45, 2.75) is 19.4 Å². The molecule has 2 aromatic carbocycles. The number of aryl methyl sites for hydroxylation is 1. The van der Waals surface area contributed by atoms with Gasteiger partial charge in [0.05, 0.1) is 11.4 Å². The van der Waals surface area contributed by atoms with Crippen LogP contribution in [0.15, 0.2) is 82.4 Å². The number of allylic oxidation sites excluding steroid dienone is 1. The van der Waals surface area contributed by atoms with Crippen molar-refractivity contribution < 1.29 is 4.79 Å². The van der Waals surface area contributed by atoms with E-state index in [0.29, 0.717) is 12.1 Å². The number of carbonyl (C=O) groups is 1. The molecule has 0 radical (unpaired) electrons. The maximum Gasteiger partial charge on any atom is 0.189 e. The van der Waals surface area contributed by atoms with E-state index < -0.39 is 6.04 Å². The average molecular weight is 343 g/mol. The Hall–Kier alpha value is -3.34. The van der Waals surface area contributed by atoms with Crippen LogP contribution < -0.4 is 5.32 Å². The van der Waals surface area contributed by atoms with Crippen molar-refractivity contribution in [3.63, 3.8) is 0 Å². The maximum atomic E-state index is 12.4. The fraction of sp³-hybridized carbons (Fsp3) is 0.143. The van der Waals surface area contributed by atoms with Gasteiger partial charge in [-0.15, -0.1) is 4.91 Å². The summed E-state index contributed by atoms with van der Waals surface area (Å²) in [5.74, 6) is -0.192. The molecule has 1 N–H and O–H groups in total. The molecule has 0 spiro atoms. The minimum Gasteiger partial charge on any atom is -0.338 e. The minimum atomic E-state index is -0.629. The molecule has 128 valence electrons. The molecule has 2 aromatic rings. The predicted octanol–water partition coefficient (Wildman–Crippen LogP) is 3.55. The van der Waals surface area contributed by atoms with Gasteiger partial charge in [-0.05, 0) is 23.2 Å². The molecule has 0 fully saturated rings. The lowest BCUT2D eigenvalue weighted by molar-refractivity contribution is -0.115. The van der Waals surface area contributed by atoms with Crippen molar-refractivity contribution in [3.05, 3.63) is 93.8 Å². The summed E-state index contributed by atoms with van der Waals surface area (Å²) < 4.78 is 0. The van der Waals surface area contributed by atoms with Crippen LogP contribution in [0, 0.1) is 11.8 Å². The standard InChI is InChI=1S/C21H17N3O2/c1-13-7-9-15(10-8-13)19-16(11-14-5-3-2-4-6-14)22-20-17(25)12-18(24-26)23-21(19)20/h2-10,12,20,23H,11H2,1H3. The number of benzene rings is 2. The number of fused-ring (bicyclic) bond motifs is 1. The van der Waals surface area contributed by atoms with E-state index in [0.717, 1.165) is 28.0 Å². The Bertz CT molecular complexity index is 970. The van der Waals surface area contributed by atoms with Crippen LogP contribution in [0.4, 0.5) is 0 Å². The molecule has 4 rings (SSSR count). The van der Waals surface area contributed by atoms with Gasteiger partial charge in [-0.2, -0.15) is 0 Å². The molecule has 5 nitrogen and oxygen atoms in total. The van der Waals surface area contributed by atoms with Crippen LogP contribution in [0.3, 0.4) is 0 Å². The van der Waals surface area contributed by atoms with Gasteiger partial charge >= 0.3 is 0 Å². The fourth-order valence-electron chi connectivity index (χ4n) is 3.32. The number of hydrogen-bond acceptors (Lipinski definition) is 5. The van der Waals surface area contributed by atoms with Crippen LogP contribution in [0.5, 0.6) is 0 Å². The highest BCUT2D eigenvalue weighted by molar-refractivity contribution is 6.29. The van der Waals surface area contributed by atoms with Gasteiger partial charge in [-0.3, -0.25) is 9.79 Å². The molecule has 0 amide bonds. The van der Waals surface area contributed by atoms with Crippen LogP contribution in [0.25, 0.3) is 5.57 Å². The minimum absolute atomic E-state index is 0.0297. The molecule has 1 unspecified atom stereocenters. The van der Waals surface area contributed by atoms with Gasteiger partial charge in [-0.25, -0.2) is 0 Å². The monoisotopic (exact) mass is 343 g/mol. The number of ketones is 1. The zero-order valence-corrected chi connectivity index (χ0v) is 14.3. The van der Waals surface area contributed by atoms with E-state index in [-0.39, 0.29) is 11.6 Å². The van der Waals surface area contributed by atoms with E-state index in [1.165, 1.54) is 6.08 Å². The van der Waals surface area contributed by atoms with Crippen molar-refractivity contribution in [1.29, 1.82) is 0 Å². The second-order valence-electron chi connectivity index (χ2n) is 6.44. The van der Waals surface area contributed by atoms with Crippen molar-refractivity contribution in [2.75, 3.05) is 0 Å². The maximum absolute atomic E-state index is 12.4. The molecule has 0 bridgehead atoms. The van der Waals surface area contributed by atoms with Gasteiger partial charge in [0.15, 0.2) is 17.6 Å². The first-order valence-electron chi connectivity index (χ1n) is 8.44. The number of nitroso groups, excluding NO2 is 1. The number of hydrogen-bond donors (Lipinski definition) is 1. The molecule has 0 aromatic heterocycles. The first kappa shape index (κ1) is 16.1. The Morgan fingerprint density at radius 3 is 2.50 bits per heavy atom. The molecule has 2 aliphatic heterocycles. The van der Waals surface area contributed by atoms with E-state index in [4.69, 9.17) is 0 Å². The molecule has 2 aliphatic rings. The molecule has 0 aliphatic carbocycles. The third kappa shape index (κ3) is 2.88. The smallest absolute Gasteiger partial charge is 0.189 e. The van der Waals surface area contributed by atoms with Crippen molar-refractivity contribution in [3.8, 4) is 0 Å². The summed E-state index contributed by atoms with van der Waals surface area (Å²) in [4.78, 5) is 28.1. The van der Waals surface area contributed by atoms with Gasteiger partial charge in [0.25, 0.3) is 0 Å². The summed E-state index contributed by atoms with van der Waals surface area (Å²) in [5, 5.41) is 5.90. The topological polar surface area (TPSA) is 70.9 Å². The van der Waals surface area contributed by atoms with Crippen LogP contribution in [-0.4, -0.2) is 17.5 Å². The summed E-state index contributed by atoms with van der Waals surface area (Å²) in [7, 11) is 0. The van der Waals surface area contributed by atoms with Crippen molar-refractivity contribution in [1.82, 2.24) is 5.32 Å². The summed E-state index contributed by atoms with van der Waals surface area (Å²) in [6, 6.07) is 17.4. The number of nitrogens with zero attached hydrogens (tertiary/aromatic N) is 2. The zero-order valence-electron chi connectivity index (χ0n) is 14.3. The molecule has 1 atom stereocenters. The Morgan fingerprint density at radius 2 is 1.81 bits per heavy atom. The normalized spacial score (nSPS) is 18.8. The van der Waals surface area contributed by atoms with Gasteiger partial charge < -0.3 is 5.32 Å². The molecule has 0 saturated heterocycles. The molecular formula is C21H17N3O2. The highest BCUT2D eigenvalue weighted by Crippen LogP contribution is 2.33. The Morgan fingerprint density at radius 1 is 1.08 bits per heavy atom.